The van der Waals surface area contributed by atoms with Crippen molar-refractivity contribution in [2.75, 3.05) is 24.5 Å². The largest absolute Gasteiger partial charge is 0.370 e. The van der Waals surface area contributed by atoms with E-state index < -0.39 is 0 Å². The van der Waals surface area contributed by atoms with E-state index in [-0.39, 0.29) is 0 Å². The first-order valence-corrected chi connectivity index (χ1v) is 5.79. The van der Waals surface area contributed by atoms with Gasteiger partial charge >= 0.3 is 0 Å². The van der Waals surface area contributed by atoms with E-state index in [1.807, 2.05) is 0 Å². The van der Waals surface area contributed by atoms with Gasteiger partial charge in [0.1, 0.15) is 0 Å². The van der Waals surface area contributed by atoms with Crippen molar-refractivity contribution in [2.45, 2.75) is 26.7 Å². The summed E-state index contributed by atoms with van der Waals surface area (Å²) in [6, 6.07) is 8.63. The molecule has 0 aliphatic heterocycles. The molecule has 15 heavy (non-hydrogen) atoms. The molecule has 0 atom stereocenters. The molecule has 0 amide bonds. The lowest BCUT2D eigenvalue weighted by atomic mass is 10.2. The predicted molar refractivity (Wildman–Crippen MR) is 67.4 cm³/mol. The van der Waals surface area contributed by atoms with Crippen molar-refractivity contribution < 1.29 is 0 Å². The summed E-state index contributed by atoms with van der Waals surface area (Å²) in [5.41, 5.74) is 8.25. The van der Waals surface area contributed by atoms with Crippen LogP contribution in [-0.2, 0) is 0 Å². The Kier molecular flexibility index (Phi) is 5.19. The van der Waals surface area contributed by atoms with Crippen LogP contribution in [0.3, 0.4) is 0 Å². The van der Waals surface area contributed by atoms with Gasteiger partial charge in [-0.3, -0.25) is 0 Å². The van der Waals surface area contributed by atoms with E-state index >= 15 is 0 Å². The van der Waals surface area contributed by atoms with Crippen molar-refractivity contribution in [3.05, 3.63) is 29.8 Å². The number of nitrogens with zero attached hydrogens (tertiary/aromatic N) is 1. The maximum absolute atomic E-state index is 5.63. The van der Waals surface area contributed by atoms with Crippen molar-refractivity contribution in [2.24, 2.45) is 5.73 Å². The third-order valence-corrected chi connectivity index (χ3v) is 2.55. The zero-order valence-electron chi connectivity index (χ0n) is 9.87. The Morgan fingerprint density at radius 3 is 2.67 bits per heavy atom. The fourth-order valence-corrected chi connectivity index (χ4v) is 1.70. The zero-order valence-corrected chi connectivity index (χ0v) is 9.87. The van der Waals surface area contributed by atoms with Crippen molar-refractivity contribution in [1.29, 1.82) is 0 Å². The SMILES string of the molecule is CCCCN(CCN)c1cccc(C)c1. The maximum atomic E-state index is 5.63. The lowest BCUT2D eigenvalue weighted by molar-refractivity contribution is 0.715. The summed E-state index contributed by atoms with van der Waals surface area (Å²) in [5, 5.41) is 0. The third-order valence-electron chi connectivity index (χ3n) is 2.55. The molecule has 0 aliphatic carbocycles. The van der Waals surface area contributed by atoms with Gasteiger partial charge in [0.05, 0.1) is 0 Å². The number of rotatable bonds is 6. The molecule has 2 heteroatoms. The maximum Gasteiger partial charge on any atom is 0.0369 e. The zero-order chi connectivity index (χ0) is 11.1. The van der Waals surface area contributed by atoms with Gasteiger partial charge in [0.2, 0.25) is 0 Å². The molecular formula is C13H22N2. The van der Waals surface area contributed by atoms with Crippen LogP contribution in [0.2, 0.25) is 0 Å². The van der Waals surface area contributed by atoms with E-state index in [1.54, 1.807) is 0 Å². The molecule has 0 spiro atoms. The highest BCUT2D eigenvalue weighted by Gasteiger charge is 2.04. The fraction of sp³-hybridized carbons (Fsp3) is 0.538. The molecule has 0 saturated carbocycles. The average Bonchev–Trinajstić information content (AvgIpc) is 2.24. The summed E-state index contributed by atoms with van der Waals surface area (Å²) in [6.45, 7) is 7.12. The number of benzene rings is 1. The number of aryl methyl sites for hydroxylation is 1. The first kappa shape index (κ1) is 12.1. The topological polar surface area (TPSA) is 29.3 Å². The highest BCUT2D eigenvalue weighted by Crippen LogP contribution is 2.15. The molecule has 1 aromatic rings. The Hall–Kier alpha value is -1.02. The summed E-state index contributed by atoms with van der Waals surface area (Å²) < 4.78 is 0. The van der Waals surface area contributed by atoms with Crippen molar-refractivity contribution in [3.8, 4) is 0 Å². The number of anilines is 1. The minimum atomic E-state index is 0.720. The molecule has 0 fully saturated rings. The summed E-state index contributed by atoms with van der Waals surface area (Å²) in [7, 11) is 0. The van der Waals surface area contributed by atoms with Crippen molar-refractivity contribution in [3.63, 3.8) is 0 Å². The third kappa shape index (κ3) is 3.92. The summed E-state index contributed by atoms with van der Waals surface area (Å²) >= 11 is 0. The highest BCUT2D eigenvalue weighted by atomic mass is 15.1. The lowest BCUT2D eigenvalue weighted by Crippen LogP contribution is -2.30. The Labute approximate surface area is 93.1 Å². The first-order chi connectivity index (χ1) is 7.27. The number of hydrogen-bond acceptors (Lipinski definition) is 2. The molecule has 1 rings (SSSR count). The fourth-order valence-electron chi connectivity index (χ4n) is 1.70. The molecule has 2 nitrogen and oxygen atoms in total. The summed E-state index contributed by atoms with van der Waals surface area (Å²) in [4.78, 5) is 2.37. The smallest absolute Gasteiger partial charge is 0.0369 e. The number of nitrogens with two attached hydrogens (primary N) is 1. The molecule has 0 aromatic heterocycles. The van der Waals surface area contributed by atoms with E-state index in [2.05, 4.69) is 43.0 Å². The Balaban J connectivity index is 2.69. The summed E-state index contributed by atoms with van der Waals surface area (Å²) in [5.74, 6) is 0. The second-order valence-electron chi connectivity index (χ2n) is 3.97. The molecule has 84 valence electrons. The second kappa shape index (κ2) is 6.46. The van der Waals surface area contributed by atoms with E-state index in [0.717, 1.165) is 19.6 Å². The van der Waals surface area contributed by atoms with Crippen molar-refractivity contribution >= 4 is 5.69 Å². The van der Waals surface area contributed by atoms with Gasteiger partial charge in [-0.15, -0.1) is 0 Å². The van der Waals surface area contributed by atoms with Crippen LogP contribution >= 0.6 is 0 Å². The second-order valence-corrected chi connectivity index (χ2v) is 3.97. The van der Waals surface area contributed by atoms with Gasteiger partial charge in [0.15, 0.2) is 0 Å². The predicted octanol–water partition coefficient (Wildman–Crippen LogP) is 2.56. The van der Waals surface area contributed by atoms with Crippen molar-refractivity contribution in [1.82, 2.24) is 0 Å². The number of hydrogen-bond donors (Lipinski definition) is 1. The highest BCUT2D eigenvalue weighted by molar-refractivity contribution is 5.48. The molecule has 0 bridgehead atoms. The minimum absolute atomic E-state index is 0.720. The molecule has 0 saturated heterocycles. The van der Waals surface area contributed by atoms with Gasteiger partial charge in [-0.1, -0.05) is 25.5 Å². The van der Waals surface area contributed by atoms with Gasteiger partial charge in [-0.2, -0.15) is 0 Å². The standard InChI is InChI=1S/C13H22N2/c1-3-4-9-15(10-8-14)13-7-5-6-12(2)11-13/h5-7,11H,3-4,8-10,14H2,1-2H3. The molecule has 0 heterocycles. The summed E-state index contributed by atoms with van der Waals surface area (Å²) in [6.07, 6.45) is 2.46. The Morgan fingerprint density at radius 1 is 1.27 bits per heavy atom. The molecule has 1 aromatic carbocycles. The molecule has 0 aliphatic rings. The Morgan fingerprint density at radius 2 is 2.07 bits per heavy atom. The van der Waals surface area contributed by atoms with Gasteiger partial charge < -0.3 is 10.6 Å². The van der Waals surface area contributed by atoms with Gasteiger partial charge in [-0.25, -0.2) is 0 Å². The minimum Gasteiger partial charge on any atom is -0.370 e. The first-order valence-electron chi connectivity index (χ1n) is 5.79. The van der Waals surface area contributed by atoms with Crippen LogP contribution in [0.25, 0.3) is 0 Å². The van der Waals surface area contributed by atoms with E-state index in [1.165, 1.54) is 24.1 Å². The molecule has 2 N–H and O–H groups in total. The lowest BCUT2D eigenvalue weighted by Gasteiger charge is -2.24. The molecule has 0 radical (unpaired) electrons. The van der Waals surface area contributed by atoms with Crippen LogP contribution < -0.4 is 10.6 Å². The van der Waals surface area contributed by atoms with Crippen LogP contribution in [0.15, 0.2) is 24.3 Å². The van der Waals surface area contributed by atoms with Crippen LogP contribution in [0.5, 0.6) is 0 Å². The van der Waals surface area contributed by atoms with E-state index in [9.17, 15) is 0 Å². The monoisotopic (exact) mass is 206 g/mol. The number of unbranched alkanes of at least 4 members (excludes halogenated alkanes) is 1. The normalized spacial score (nSPS) is 10.3. The van der Waals surface area contributed by atoms with Crippen LogP contribution in [0.1, 0.15) is 25.3 Å². The van der Waals surface area contributed by atoms with Crippen LogP contribution in [0, 0.1) is 6.92 Å². The molecule has 0 unspecified atom stereocenters. The van der Waals surface area contributed by atoms with E-state index in [4.69, 9.17) is 5.73 Å². The Bertz CT molecular complexity index is 284. The average molecular weight is 206 g/mol. The van der Waals surface area contributed by atoms with Gasteiger partial charge in [-0.05, 0) is 31.0 Å². The van der Waals surface area contributed by atoms with Crippen LogP contribution in [0.4, 0.5) is 5.69 Å². The van der Waals surface area contributed by atoms with Gasteiger partial charge in [0, 0.05) is 25.3 Å². The molecular weight excluding hydrogens is 184 g/mol. The van der Waals surface area contributed by atoms with Crippen LogP contribution in [-0.4, -0.2) is 19.6 Å². The quantitative estimate of drug-likeness (QED) is 0.775. The van der Waals surface area contributed by atoms with Gasteiger partial charge in [0.25, 0.3) is 0 Å². The van der Waals surface area contributed by atoms with E-state index in [0.29, 0.717) is 0 Å².